The highest BCUT2D eigenvalue weighted by Gasteiger charge is 2.22. The van der Waals surface area contributed by atoms with Crippen molar-refractivity contribution < 1.29 is 24.6 Å². The van der Waals surface area contributed by atoms with Crippen LogP contribution in [0.3, 0.4) is 0 Å². The monoisotopic (exact) mass is 286 g/mol. The summed E-state index contributed by atoms with van der Waals surface area (Å²) in [4.78, 5) is 32.7. The highest BCUT2D eigenvalue weighted by Crippen LogP contribution is 2.13. The number of carbonyl (C=O) groups excluding carboxylic acids is 1. The van der Waals surface area contributed by atoms with Crippen LogP contribution in [-0.2, 0) is 9.59 Å². The average molecular weight is 287 g/mol. The Morgan fingerprint density at radius 1 is 1.16 bits per heavy atom. The van der Waals surface area contributed by atoms with E-state index in [9.17, 15) is 14.4 Å². The molecule has 102 valence electrons. The minimum absolute atomic E-state index is 0.404. The van der Waals surface area contributed by atoms with Crippen molar-refractivity contribution in [2.45, 2.75) is 12.5 Å². The van der Waals surface area contributed by atoms with E-state index in [0.29, 0.717) is 10.7 Å². The molecule has 0 aromatic heterocycles. The lowest BCUT2D eigenvalue weighted by molar-refractivity contribution is -0.145. The second kappa shape index (κ2) is 6.60. The van der Waals surface area contributed by atoms with Crippen LogP contribution in [0.4, 0.5) is 10.5 Å². The molecule has 19 heavy (non-hydrogen) atoms. The van der Waals surface area contributed by atoms with Crippen molar-refractivity contribution in [3.05, 3.63) is 29.3 Å². The van der Waals surface area contributed by atoms with Gasteiger partial charge in [-0.2, -0.15) is 0 Å². The van der Waals surface area contributed by atoms with Gasteiger partial charge in [-0.3, -0.25) is 4.79 Å². The predicted octanol–water partition coefficient (Wildman–Crippen LogP) is 1.39. The van der Waals surface area contributed by atoms with Gasteiger partial charge in [-0.05, 0) is 24.3 Å². The Bertz CT molecular complexity index is 488. The molecular formula is C11H11ClN2O5. The number of carboxylic acid groups (broad SMARTS) is 2. The number of urea groups is 1. The largest absolute Gasteiger partial charge is 0.481 e. The van der Waals surface area contributed by atoms with Gasteiger partial charge in [0.2, 0.25) is 0 Å². The van der Waals surface area contributed by atoms with E-state index in [1.165, 1.54) is 12.1 Å². The number of anilines is 1. The van der Waals surface area contributed by atoms with E-state index in [1.807, 2.05) is 5.32 Å². The summed E-state index contributed by atoms with van der Waals surface area (Å²) in [5.41, 5.74) is 0.404. The summed E-state index contributed by atoms with van der Waals surface area (Å²) in [7, 11) is 0. The smallest absolute Gasteiger partial charge is 0.326 e. The van der Waals surface area contributed by atoms with Crippen LogP contribution < -0.4 is 10.6 Å². The molecule has 0 aliphatic carbocycles. The number of hydrogen-bond acceptors (Lipinski definition) is 3. The first-order valence-electron chi connectivity index (χ1n) is 5.16. The third-order valence-electron chi connectivity index (χ3n) is 2.08. The third-order valence-corrected chi connectivity index (χ3v) is 2.34. The van der Waals surface area contributed by atoms with E-state index < -0.39 is 30.4 Å². The van der Waals surface area contributed by atoms with Gasteiger partial charge < -0.3 is 20.8 Å². The van der Waals surface area contributed by atoms with E-state index in [2.05, 4.69) is 5.32 Å². The fraction of sp³-hybridized carbons (Fsp3) is 0.182. The molecule has 2 amide bonds. The number of amides is 2. The molecule has 1 rings (SSSR count). The van der Waals surface area contributed by atoms with Crippen molar-refractivity contribution in [2.75, 3.05) is 5.32 Å². The maximum absolute atomic E-state index is 11.5. The molecule has 1 aromatic carbocycles. The molecule has 1 atom stereocenters. The molecule has 0 aliphatic heterocycles. The van der Waals surface area contributed by atoms with Crippen LogP contribution in [-0.4, -0.2) is 34.2 Å². The summed E-state index contributed by atoms with van der Waals surface area (Å²) in [6, 6.07) is 3.83. The molecule has 0 fully saturated rings. The van der Waals surface area contributed by atoms with Gasteiger partial charge in [-0.15, -0.1) is 0 Å². The summed E-state index contributed by atoms with van der Waals surface area (Å²) in [6.07, 6.45) is -0.705. The Kier molecular flexibility index (Phi) is 5.13. The first-order valence-corrected chi connectivity index (χ1v) is 5.54. The number of carboxylic acids is 2. The topological polar surface area (TPSA) is 116 Å². The van der Waals surface area contributed by atoms with Crippen molar-refractivity contribution in [1.82, 2.24) is 5.32 Å². The standard InChI is InChI=1S/C11H11ClN2O5/c12-6-1-3-7(4-2-6)13-11(19)14-8(10(17)18)5-9(15)16/h1-4,8H,5H2,(H,15,16)(H,17,18)(H2,13,14,19)/t8-/m1/s1. The van der Waals surface area contributed by atoms with Crippen LogP contribution >= 0.6 is 11.6 Å². The molecule has 7 nitrogen and oxygen atoms in total. The summed E-state index contributed by atoms with van der Waals surface area (Å²) in [5.74, 6) is -2.74. The summed E-state index contributed by atoms with van der Waals surface area (Å²) in [5, 5.41) is 22.2. The Morgan fingerprint density at radius 3 is 2.21 bits per heavy atom. The number of nitrogens with one attached hydrogen (secondary N) is 2. The summed E-state index contributed by atoms with van der Waals surface area (Å²) in [6.45, 7) is 0. The molecule has 0 bridgehead atoms. The molecule has 8 heteroatoms. The maximum atomic E-state index is 11.5. The highest BCUT2D eigenvalue weighted by molar-refractivity contribution is 6.30. The molecule has 1 aromatic rings. The van der Waals surface area contributed by atoms with Gasteiger partial charge in [0.25, 0.3) is 0 Å². The van der Waals surface area contributed by atoms with Gasteiger partial charge >= 0.3 is 18.0 Å². The van der Waals surface area contributed by atoms with Gasteiger partial charge in [-0.1, -0.05) is 11.6 Å². The first-order chi connectivity index (χ1) is 8.88. The average Bonchev–Trinajstić information content (AvgIpc) is 2.30. The second-order valence-electron chi connectivity index (χ2n) is 3.59. The van der Waals surface area contributed by atoms with Gasteiger partial charge in [0.05, 0.1) is 6.42 Å². The number of halogens is 1. The van der Waals surface area contributed by atoms with Gasteiger partial charge in [0.1, 0.15) is 6.04 Å². The molecule has 0 saturated carbocycles. The summed E-state index contributed by atoms with van der Waals surface area (Å²) < 4.78 is 0. The van der Waals surface area contributed by atoms with Crippen molar-refractivity contribution in [3.8, 4) is 0 Å². The van der Waals surface area contributed by atoms with Gasteiger partial charge in [0, 0.05) is 10.7 Å². The molecule has 4 N–H and O–H groups in total. The predicted molar refractivity (Wildman–Crippen MR) is 67.3 cm³/mol. The number of aliphatic carboxylic acids is 2. The van der Waals surface area contributed by atoms with E-state index in [1.54, 1.807) is 12.1 Å². The van der Waals surface area contributed by atoms with Crippen molar-refractivity contribution >= 4 is 35.3 Å². The van der Waals surface area contributed by atoms with Crippen molar-refractivity contribution in [3.63, 3.8) is 0 Å². The van der Waals surface area contributed by atoms with E-state index in [0.717, 1.165) is 0 Å². The third kappa shape index (κ3) is 5.26. The zero-order chi connectivity index (χ0) is 14.4. The molecule has 0 unspecified atom stereocenters. The second-order valence-corrected chi connectivity index (χ2v) is 4.03. The molecule has 0 radical (unpaired) electrons. The Hall–Kier alpha value is -2.28. The number of hydrogen-bond donors (Lipinski definition) is 4. The summed E-state index contributed by atoms with van der Waals surface area (Å²) >= 11 is 5.66. The van der Waals surface area contributed by atoms with Crippen molar-refractivity contribution in [1.29, 1.82) is 0 Å². The fourth-order valence-corrected chi connectivity index (χ4v) is 1.36. The minimum Gasteiger partial charge on any atom is -0.481 e. The zero-order valence-electron chi connectivity index (χ0n) is 9.59. The van der Waals surface area contributed by atoms with Crippen LogP contribution in [0.15, 0.2) is 24.3 Å². The SMILES string of the molecule is O=C(O)C[C@@H](NC(=O)Nc1ccc(Cl)cc1)C(=O)O. The van der Waals surface area contributed by atoms with Crippen LogP contribution in [0.25, 0.3) is 0 Å². The molecule has 0 saturated heterocycles. The normalized spacial score (nSPS) is 11.4. The Morgan fingerprint density at radius 2 is 1.74 bits per heavy atom. The van der Waals surface area contributed by atoms with E-state index in [4.69, 9.17) is 21.8 Å². The molecular weight excluding hydrogens is 276 g/mol. The number of benzene rings is 1. The lowest BCUT2D eigenvalue weighted by Gasteiger charge is -2.13. The van der Waals surface area contributed by atoms with E-state index in [-0.39, 0.29) is 0 Å². The van der Waals surface area contributed by atoms with Crippen LogP contribution in [0, 0.1) is 0 Å². The zero-order valence-corrected chi connectivity index (χ0v) is 10.3. The highest BCUT2D eigenvalue weighted by atomic mass is 35.5. The van der Waals surface area contributed by atoms with E-state index >= 15 is 0 Å². The van der Waals surface area contributed by atoms with Crippen molar-refractivity contribution in [2.24, 2.45) is 0 Å². The van der Waals surface area contributed by atoms with Gasteiger partial charge in [-0.25, -0.2) is 9.59 Å². The number of carbonyl (C=O) groups is 3. The Balaban J connectivity index is 2.59. The molecule has 0 heterocycles. The fourth-order valence-electron chi connectivity index (χ4n) is 1.23. The lowest BCUT2D eigenvalue weighted by atomic mass is 10.2. The van der Waals surface area contributed by atoms with Crippen LogP contribution in [0.5, 0.6) is 0 Å². The first kappa shape index (κ1) is 14.8. The lowest BCUT2D eigenvalue weighted by Crippen LogP contribution is -2.44. The molecule has 0 aliphatic rings. The molecule has 0 spiro atoms. The minimum atomic E-state index is -1.50. The Labute approximate surface area is 113 Å². The number of rotatable bonds is 5. The van der Waals surface area contributed by atoms with Crippen LogP contribution in [0.1, 0.15) is 6.42 Å². The maximum Gasteiger partial charge on any atom is 0.326 e. The van der Waals surface area contributed by atoms with Gasteiger partial charge in [0.15, 0.2) is 0 Å². The van der Waals surface area contributed by atoms with Crippen LogP contribution in [0.2, 0.25) is 5.02 Å². The quantitative estimate of drug-likeness (QED) is 0.653.